The van der Waals surface area contributed by atoms with Gasteiger partial charge in [-0.2, -0.15) is 0 Å². The minimum atomic E-state index is 0.0602. The highest BCUT2D eigenvalue weighted by Crippen LogP contribution is 2.37. The molecule has 0 aromatic carbocycles. The number of ether oxygens (including phenoxy) is 1. The summed E-state index contributed by atoms with van der Waals surface area (Å²) < 4.78 is 7.19. The third-order valence-electron chi connectivity index (χ3n) is 5.68. The van der Waals surface area contributed by atoms with Gasteiger partial charge in [-0.05, 0) is 30.5 Å². The number of piperidine rings is 1. The first-order valence-electron chi connectivity index (χ1n) is 9.48. The van der Waals surface area contributed by atoms with Crippen molar-refractivity contribution in [3.63, 3.8) is 0 Å². The zero-order valence-corrected chi connectivity index (χ0v) is 15.7. The summed E-state index contributed by atoms with van der Waals surface area (Å²) in [5.74, 6) is 2.14. The number of fused-ring (bicyclic) bond motifs is 4. The van der Waals surface area contributed by atoms with Gasteiger partial charge >= 0.3 is 0 Å². The van der Waals surface area contributed by atoms with E-state index in [0.717, 1.165) is 48.8 Å². The molecular weight excluding hydrogens is 354 g/mol. The number of pyridine rings is 2. The summed E-state index contributed by atoms with van der Waals surface area (Å²) in [6.07, 6.45) is 4.38. The molecule has 0 aliphatic carbocycles. The van der Waals surface area contributed by atoms with E-state index < -0.39 is 0 Å². The third kappa shape index (κ3) is 2.93. The molecule has 2 aliphatic heterocycles. The number of hydrogen-bond acceptors (Lipinski definition) is 6. The van der Waals surface area contributed by atoms with Gasteiger partial charge in [0.25, 0.3) is 5.56 Å². The minimum absolute atomic E-state index is 0.0602. The topological polar surface area (TPSA) is 73.1 Å². The Morgan fingerprint density at radius 1 is 1.07 bits per heavy atom. The van der Waals surface area contributed by atoms with E-state index in [4.69, 9.17) is 4.74 Å². The van der Waals surface area contributed by atoms with Crippen molar-refractivity contribution in [1.82, 2.24) is 19.5 Å². The molecule has 142 valence electrons. The van der Waals surface area contributed by atoms with Crippen molar-refractivity contribution in [2.24, 2.45) is 5.92 Å². The average Bonchev–Trinajstić information content (AvgIpc) is 2.75. The average molecular weight is 375 g/mol. The molecule has 2 atom stereocenters. The number of anilines is 1. The van der Waals surface area contributed by atoms with Crippen LogP contribution in [0.15, 0.2) is 53.7 Å². The van der Waals surface area contributed by atoms with Crippen molar-refractivity contribution in [3.05, 3.63) is 65.0 Å². The Labute approximate surface area is 162 Å². The summed E-state index contributed by atoms with van der Waals surface area (Å²) in [7, 11) is 1.61. The second-order valence-corrected chi connectivity index (χ2v) is 7.45. The van der Waals surface area contributed by atoms with Gasteiger partial charge in [-0.3, -0.25) is 9.78 Å². The van der Waals surface area contributed by atoms with Crippen molar-refractivity contribution in [2.45, 2.75) is 18.9 Å². The van der Waals surface area contributed by atoms with E-state index in [0.29, 0.717) is 11.8 Å². The second-order valence-electron chi connectivity index (χ2n) is 7.45. The zero-order valence-electron chi connectivity index (χ0n) is 15.7. The highest BCUT2D eigenvalue weighted by atomic mass is 16.5. The molecule has 3 aromatic rings. The Morgan fingerprint density at radius 3 is 2.82 bits per heavy atom. The fourth-order valence-corrected chi connectivity index (χ4v) is 4.44. The maximum Gasteiger partial charge on any atom is 0.251 e. The van der Waals surface area contributed by atoms with Gasteiger partial charge in [-0.1, -0.05) is 6.07 Å². The van der Waals surface area contributed by atoms with E-state index in [-0.39, 0.29) is 11.5 Å². The molecular formula is C21H21N5O2. The lowest BCUT2D eigenvalue weighted by molar-refractivity contribution is 0.280. The highest BCUT2D eigenvalue weighted by Gasteiger charge is 2.35. The van der Waals surface area contributed by atoms with E-state index >= 15 is 0 Å². The molecule has 7 heteroatoms. The number of methoxy groups -OCH3 is 1. The normalized spacial score (nSPS) is 20.5. The van der Waals surface area contributed by atoms with E-state index in [1.165, 1.54) is 6.33 Å². The molecule has 0 radical (unpaired) electrons. The van der Waals surface area contributed by atoms with Gasteiger partial charge in [0.05, 0.1) is 12.8 Å². The van der Waals surface area contributed by atoms with Crippen LogP contribution >= 0.6 is 0 Å². The number of rotatable bonds is 3. The molecule has 0 spiro atoms. The van der Waals surface area contributed by atoms with Crippen LogP contribution in [0, 0.1) is 5.92 Å². The van der Waals surface area contributed by atoms with Crippen LogP contribution in [0.5, 0.6) is 5.88 Å². The Balaban J connectivity index is 1.52. The lowest BCUT2D eigenvalue weighted by Gasteiger charge is -2.43. The first-order chi connectivity index (χ1) is 13.7. The van der Waals surface area contributed by atoms with E-state index in [1.807, 2.05) is 28.8 Å². The SMILES string of the molecule is COc1cc(N2C[C@@H]3C[C@H](C2)c2cc(-c4ccccn4)cc(=O)n2C3)ncn1. The zero-order chi connectivity index (χ0) is 19.1. The van der Waals surface area contributed by atoms with Crippen LogP contribution in [-0.2, 0) is 6.54 Å². The lowest BCUT2D eigenvalue weighted by atomic mass is 9.82. The first-order valence-corrected chi connectivity index (χ1v) is 9.48. The van der Waals surface area contributed by atoms with Crippen molar-refractivity contribution in [1.29, 1.82) is 0 Å². The standard InChI is InChI=1S/C21H21N5O2/c1-28-20-9-19(23-13-24-20)25-10-14-6-16(12-25)18-7-15(8-21(27)26(18)11-14)17-4-2-3-5-22-17/h2-5,7-9,13-14,16H,6,10-12H2,1H3/t14-,16+/m0/s1. The first kappa shape index (κ1) is 16.9. The van der Waals surface area contributed by atoms with Gasteiger partial charge < -0.3 is 14.2 Å². The summed E-state index contributed by atoms with van der Waals surface area (Å²) in [5.41, 5.74) is 2.87. The van der Waals surface area contributed by atoms with Crippen LogP contribution in [-0.4, -0.2) is 39.7 Å². The quantitative estimate of drug-likeness (QED) is 0.700. The van der Waals surface area contributed by atoms with Crippen molar-refractivity contribution < 1.29 is 4.74 Å². The Hall–Kier alpha value is -3.22. The molecule has 5 rings (SSSR count). The fourth-order valence-electron chi connectivity index (χ4n) is 4.44. The molecule has 0 saturated carbocycles. The van der Waals surface area contributed by atoms with Crippen LogP contribution in [0.4, 0.5) is 5.82 Å². The third-order valence-corrected chi connectivity index (χ3v) is 5.68. The van der Waals surface area contributed by atoms with Crippen LogP contribution in [0.1, 0.15) is 18.0 Å². The van der Waals surface area contributed by atoms with Gasteiger partial charge in [0.1, 0.15) is 12.1 Å². The summed E-state index contributed by atoms with van der Waals surface area (Å²) in [4.78, 5) is 28.0. The highest BCUT2D eigenvalue weighted by molar-refractivity contribution is 5.59. The van der Waals surface area contributed by atoms with E-state index in [9.17, 15) is 4.79 Å². The molecule has 1 fully saturated rings. The number of hydrogen-bond donors (Lipinski definition) is 0. The molecule has 0 N–H and O–H groups in total. The number of aromatic nitrogens is 4. The molecule has 28 heavy (non-hydrogen) atoms. The molecule has 0 unspecified atom stereocenters. The minimum Gasteiger partial charge on any atom is -0.481 e. The van der Waals surface area contributed by atoms with Crippen molar-refractivity contribution in [2.75, 3.05) is 25.1 Å². The van der Waals surface area contributed by atoms with Gasteiger partial charge in [0.2, 0.25) is 5.88 Å². The van der Waals surface area contributed by atoms with Crippen molar-refractivity contribution in [3.8, 4) is 17.1 Å². The molecule has 5 heterocycles. The lowest BCUT2D eigenvalue weighted by Crippen LogP contribution is -2.47. The van der Waals surface area contributed by atoms with Gasteiger partial charge in [0, 0.05) is 55.1 Å². The summed E-state index contributed by atoms with van der Waals surface area (Å²) >= 11 is 0. The Kier molecular flexibility index (Phi) is 4.07. The number of nitrogens with zero attached hydrogens (tertiary/aromatic N) is 5. The fraction of sp³-hybridized carbons (Fsp3) is 0.333. The van der Waals surface area contributed by atoms with Gasteiger partial charge in [-0.15, -0.1) is 0 Å². The summed E-state index contributed by atoms with van der Waals surface area (Å²) in [6.45, 7) is 2.44. The molecule has 2 aliphatic rings. The van der Waals surface area contributed by atoms with Crippen molar-refractivity contribution >= 4 is 5.82 Å². The molecule has 0 amide bonds. The van der Waals surface area contributed by atoms with E-state index in [1.54, 1.807) is 19.4 Å². The monoisotopic (exact) mass is 375 g/mol. The Bertz CT molecular complexity index is 1070. The summed E-state index contributed by atoms with van der Waals surface area (Å²) in [5, 5.41) is 0. The van der Waals surface area contributed by atoms with Gasteiger partial charge in [0.15, 0.2) is 0 Å². The molecule has 2 bridgehead atoms. The molecule has 1 saturated heterocycles. The van der Waals surface area contributed by atoms with Crippen LogP contribution in [0.3, 0.4) is 0 Å². The Morgan fingerprint density at radius 2 is 2.00 bits per heavy atom. The second kappa shape index (κ2) is 6.74. The predicted octanol–water partition coefficient (Wildman–Crippen LogP) is 2.33. The van der Waals surface area contributed by atoms with E-state index in [2.05, 4.69) is 25.9 Å². The van der Waals surface area contributed by atoms with Crippen LogP contribution in [0.2, 0.25) is 0 Å². The van der Waals surface area contributed by atoms with Crippen LogP contribution in [0.25, 0.3) is 11.3 Å². The largest absolute Gasteiger partial charge is 0.481 e. The molecule has 7 nitrogen and oxygen atoms in total. The predicted molar refractivity (Wildman–Crippen MR) is 106 cm³/mol. The van der Waals surface area contributed by atoms with Gasteiger partial charge in [-0.25, -0.2) is 9.97 Å². The maximum absolute atomic E-state index is 12.8. The smallest absolute Gasteiger partial charge is 0.251 e. The van der Waals surface area contributed by atoms with Crippen LogP contribution < -0.4 is 15.2 Å². The summed E-state index contributed by atoms with van der Waals surface area (Å²) in [6, 6.07) is 11.5. The maximum atomic E-state index is 12.8. The molecule has 3 aromatic heterocycles.